The van der Waals surface area contributed by atoms with E-state index in [0.29, 0.717) is 11.5 Å². The van der Waals surface area contributed by atoms with Crippen LogP contribution in [0.2, 0.25) is 0 Å². The Balaban J connectivity index is 1.47. The Bertz CT molecular complexity index is 943. The number of hydrogen-bond donors (Lipinski definition) is 1. The largest absolute Gasteiger partial charge is 0.497 e. The number of ether oxygens (including phenoxy) is 1. The number of aryl methyl sites for hydroxylation is 1. The van der Waals surface area contributed by atoms with Crippen molar-refractivity contribution in [2.45, 2.75) is 25.7 Å². The maximum Gasteiger partial charge on any atom is 0.255 e. The highest BCUT2D eigenvalue weighted by Gasteiger charge is 2.26. The number of benzene rings is 2. The van der Waals surface area contributed by atoms with Crippen LogP contribution in [-0.2, 0) is 0 Å². The highest BCUT2D eigenvalue weighted by Crippen LogP contribution is 2.42. The van der Waals surface area contributed by atoms with Crippen molar-refractivity contribution in [1.82, 2.24) is 4.98 Å². The minimum Gasteiger partial charge on any atom is -0.497 e. The van der Waals surface area contributed by atoms with E-state index in [2.05, 4.69) is 10.7 Å². The Hall–Kier alpha value is -2.66. The molecule has 0 atom stereocenters. The van der Waals surface area contributed by atoms with E-state index >= 15 is 0 Å². The van der Waals surface area contributed by atoms with E-state index < -0.39 is 0 Å². The first kappa shape index (κ1) is 16.8. The molecule has 0 radical (unpaired) electrons. The van der Waals surface area contributed by atoms with Crippen LogP contribution in [0.4, 0.5) is 5.69 Å². The SMILES string of the molecule is COc1ccc(C(=O)Nc2ccc(-c3csc(C4CC4)n3)cc2)c(C)c1. The lowest BCUT2D eigenvalue weighted by atomic mass is 10.1. The Morgan fingerprint density at radius 1 is 1.19 bits per heavy atom. The standard InChI is InChI=1S/C21H20N2O2S/c1-13-11-17(25-2)9-10-18(13)20(24)22-16-7-5-14(6-8-16)19-12-26-21(23-19)15-3-4-15/h5-12,15H,3-4H2,1-2H3,(H,22,24). The molecule has 4 nitrogen and oxygen atoms in total. The maximum atomic E-state index is 12.5. The molecule has 0 bridgehead atoms. The number of methoxy groups -OCH3 is 1. The number of carbonyl (C=O) groups excluding carboxylic acids is 1. The number of nitrogens with zero attached hydrogens (tertiary/aromatic N) is 1. The summed E-state index contributed by atoms with van der Waals surface area (Å²) in [4.78, 5) is 17.2. The van der Waals surface area contributed by atoms with Crippen LogP contribution in [0.25, 0.3) is 11.3 Å². The molecule has 1 aliphatic carbocycles. The number of anilines is 1. The zero-order valence-corrected chi connectivity index (χ0v) is 15.6. The lowest BCUT2D eigenvalue weighted by Crippen LogP contribution is -2.13. The molecule has 1 N–H and O–H groups in total. The summed E-state index contributed by atoms with van der Waals surface area (Å²) in [6.07, 6.45) is 2.53. The molecule has 1 saturated carbocycles. The normalized spacial score (nSPS) is 13.5. The van der Waals surface area contributed by atoms with Crippen molar-refractivity contribution in [1.29, 1.82) is 0 Å². The number of amides is 1. The van der Waals surface area contributed by atoms with Gasteiger partial charge in [-0.25, -0.2) is 4.98 Å². The van der Waals surface area contributed by atoms with Crippen molar-refractivity contribution in [3.8, 4) is 17.0 Å². The van der Waals surface area contributed by atoms with E-state index in [-0.39, 0.29) is 5.91 Å². The predicted molar refractivity (Wildman–Crippen MR) is 105 cm³/mol. The minimum absolute atomic E-state index is 0.123. The third-order valence-electron chi connectivity index (χ3n) is 4.57. The van der Waals surface area contributed by atoms with Crippen LogP contribution >= 0.6 is 11.3 Å². The van der Waals surface area contributed by atoms with Gasteiger partial charge >= 0.3 is 0 Å². The molecule has 132 valence electrons. The van der Waals surface area contributed by atoms with E-state index in [1.165, 1.54) is 17.8 Å². The molecule has 1 aliphatic rings. The summed E-state index contributed by atoms with van der Waals surface area (Å²) in [6.45, 7) is 1.90. The molecule has 0 saturated heterocycles. The molecule has 1 heterocycles. The molecule has 1 aromatic heterocycles. The third-order valence-corrected chi connectivity index (χ3v) is 5.57. The molecular formula is C21H20N2O2S. The number of hydrogen-bond acceptors (Lipinski definition) is 4. The first-order chi connectivity index (χ1) is 12.6. The second-order valence-electron chi connectivity index (χ2n) is 6.56. The van der Waals surface area contributed by atoms with Crippen molar-refractivity contribution in [2.75, 3.05) is 12.4 Å². The second-order valence-corrected chi connectivity index (χ2v) is 7.45. The number of rotatable bonds is 5. The quantitative estimate of drug-likeness (QED) is 0.672. The van der Waals surface area contributed by atoms with Crippen LogP contribution in [-0.4, -0.2) is 18.0 Å². The van der Waals surface area contributed by atoms with Gasteiger partial charge in [0.25, 0.3) is 5.91 Å². The van der Waals surface area contributed by atoms with Crippen molar-refractivity contribution in [2.24, 2.45) is 0 Å². The fraction of sp³-hybridized carbons (Fsp3) is 0.238. The first-order valence-electron chi connectivity index (χ1n) is 8.66. The van der Waals surface area contributed by atoms with Crippen LogP contribution < -0.4 is 10.1 Å². The summed E-state index contributed by atoms with van der Waals surface area (Å²) < 4.78 is 5.19. The van der Waals surface area contributed by atoms with Crippen molar-refractivity contribution < 1.29 is 9.53 Å². The molecule has 5 heteroatoms. The van der Waals surface area contributed by atoms with Gasteiger partial charge in [-0.15, -0.1) is 11.3 Å². The second kappa shape index (κ2) is 6.92. The monoisotopic (exact) mass is 364 g/mol. The van der Waals surface area contributed by atoms with Gasteiger partial charge in [0.05, 0.1) is 17.8 Å². The van der Waals surface area contributed by atoms with E-state index in [1.54, 1.807) is 30.6 Å². The molecular weight excluding hydrogens is 344 g/mol. The number of carbonyl (C=O) groups is 1. The van der Waals surface area contributed by atoms with Crippen LogP contribution in [0.5, 0.6) is 5.75 Å². The van der Waals surface area contributed by atoms with E-state index in [0.717, 1.165) is 28.3 Å². The first-order valence-corrected chi connectivity index (χ1v) is 9.54. The fourth-order valence-corrected chi connectivity index (χ4v) is 3.88. The summed E-state index contributed by atoms with van der Waals surface area (Å²) in [5.41, 5.74) is 4.39. The Kier molecular flexibility index (Phi) is 4.47. The molecule has 1 fully saturated rings. The zero-order chi connectivity index (χ0) is 18.1. The van der Waals surface area contributed by atoms with Gasteiger partial charge in [0, 0.05) is 28.1 Å². The average molecular weight is 364 g/mol. The summed E-state index contributed by atoms with van der Waals surface area (Å²) in [5.74, 6) is 1.31. The van der Waals surface area contributed by atoms with Crippen LogP contribution in [0.1, 0.15) is 39.7 Å². The molecule has 0 aliphatic heterocycles. The maximum absolute atomic E-state index is 12.5. The Morgan fingerprint density at radius 3 is 2.62 bits per heavy atom. The van der Waals surface area contributed by atoms with E-state index in [1.807, 2.05) is 37.3 Å². The smallest absolute Gasteiger partial charge is 0.255 e. The Morgan fingerprint density at radius 2 is 1.96 bits per heavy atom. The van der Waals surface area contributed by atoms with Gasteiger partial charge in [-0.3, -0.25) is 4.79 Å². The molecule has 1 amide bonds. The molecule has 3 aromatic rings. The Labute approximate surface area is 156 Å². The van der Waals surface area contributed by atoms with Crippen LogP contribution in [0, 0.1) is 6.92 Å². The summed E-state index contributed by atoms with van der Waals surface area (Å²) in [7, 11) is 1.62. The van der Waals surface area contributed by atoms with Crippen LogP contribution in [0.3, 0.4) is 0 Å². The molecule has 26 heavy (non-hydrogen) atoms. The van der Waals surface area contributed by atoms with Gasteiger partial charge in [-0.2, -0.15) is 0 Å². The van der Waals surface area contributed by atoms with Gasteiger partial charge in [0.15, 0.2) is 0 Å². The van der Waals surface area contributed by atoms with Crippen molar-refractivity contribution in [3.63, 3.8) is 0 Å². The number of aromatic nitrogens is 1. The lowest BCUT2D eigenvalue weighted by Gasteiger charge is -2.09. The van der Waals surface area contributed by atoms with E-state index in [9.17, 15) is 4.79 Å². The molecule has 0 unspecified atom stereocenters. The summed E-state index contributed by atoms with van der Waals surface area (Å²) >= 11 is 1.74. The van der Waals surface area contributed by atoms with Crippen LogP contribution in [0.15, 0.2) is 47.8 Å². The average Bonchev–Trinajstić information content (AvgIpc) is 3.39. The summed E-state index contributed by atoms with van der Waals surface area (Å²) in [5, 5.41) is 6.31. The molecule has 0 spiro atoms. The fourth-order valence-electron chi connectivity index (χ4n) is 2.88. The van der Waals surface area contributed by atoms with Gasteiger partial charge in [-0.05, 0) is 55.7 Å². The number of thiazole rings is 1. The zero-order valence-electron chi connectivity index (χ0n) is 14.8. The van der Waals surface area contributed by atoms with Gasteiger partial charge in [0.1, 0.15) is 5.75 Å². The lowest BCUT2D eigenvalue weighted by molar-refractivity contribution is 0.102. The van der Waals surface area contributed by atoms with Gasteiger partial charge in [-0.1, -0.05) is 12.1 Å². The minimum atomic E-state index is -0.123. The molecule has 2 aromatic carbocycles. The highest BCUT2D eigenvalue weighted by molar-refractivity contribution is 7.10. The van der Waals surface area contributed by atoms with Crippen molar-refractivity contribution in [3.05, 3.63) is 64.0 Å². The van der Waals surface area contributed by atoms with Gasteiger partial charge in [0.2, 0.25) is 0 Å². The van der Waals surface area contributed by atoms with Crippen molar-refractivity contribution >= 4 is 22.9 Å². The summed E-state index contributed by atoms with van der Waals surface area (Å²) in [6, 6.07) is 13.3. The number of nitrogens with one attached hydrogen (secondary N) is 1. The molecule has 4 rings (SSSR count). The van der Waals surface area contributed by atoms with E-state index in [4.69, 9.17) is 9.72 Å². The third kappa shape index (κ3) is 3.48. The predicted octanol–water partition coefficient (Wildman–Crippen LogP) is 5.26. The highest BCUT2D eigenvalue weighted by atomic mass is 32.1. The topological polar surface area (TPSA) is 51.2 Å². The van der Waals surface area contributed by atoms with Gasteiger partial charge < -0.3 is 10.1 Å².